The molecule has 2 aromatic rings. The number of rotatable bonds is 3. The molecule has 1 aromatic heterocycles. The molecule has 0 bridgehead atoms. The van der Waals surface area contributed by atoms with Crippen LogP contribution in [0.2, 0.25) is 0 Å². The van der Waals surface area contributed by atoms with Gasteiger partial charge in [0.1, 0.15) is 0 Å². The van der Waals surface area contributed by atoms with Crippen molar-refractivity contribution < 1.29 is 18.3 Å². The summed E-state index contributed by atoms with van der Waals surface area (Å²) in [7, 11) is -1.21. The fraction of sp³-hybridized carbons (Fsp3) is 0.500. The van der Waals surface area contributed by atoms with Gasteiger partial charge in [-0.25, -0.2) is 13.2 Å². The summed E-state index contributed by atoms with van der Waals surface area (Å²) in [6.07, 6.45) is 0.636. The van der Waals surface area contributed by atoms with Crippen LogP contribution in [0.3, 0.4) is 0 Å². The number of fused-ring (bicyclic) bond motifs is 1. The summed E-state index contributed by atoms with van der Waals surface area (Å²) in [6.45, 7) is 3.76. The molecule has 0 unspecified atom stereocenters. The Hall–Kier alpha value is -1.93. The van der Waals surface area contributed by atoms with Gasteiger partial charge in [0.25, 0.3) is 0 Å². The van der Waals surface area contributed by atoms with Crippen LogP contribution in [0.4, 0.5) is 0 Å². The number of hydrogen-bond donors (Lipinski definition) is 1. The molecule has 1 fully saturated rings. The van der Waals surface area contributed by atoms with Crippen LogP contribution in [-0.2, 0) is 23.4 Å². The molecule has 2 heterocycles. The number of aromatic nitrogens is 2. The van der Waals surface area contributed by atoms with E-state index in [4.69, 9.17) is 0 Å². The number of carboxylic acids is 1. The van der Waals surface area contributed by atoms with Crippen molar-refractivity contribution in [2.75, 3.05) is 24.6 Å². The third-order valence-corrected chi connectivity index (χ3v) is 6.35. The monoisotopic (exact) mass is 351 g/mol. The summed E-state index contributed by atoms with van der Waals surface area (Å²) in [5.41, 5.74) is 2.75. The van der Waals surface area contributed by atoms with E-state index in [1.807, 2.05) is 19.1 Å². The van der Waals surface area contributed by atoms with Crippen LogP contribution in [0.25, 0.3) is 10.9 Å². The Morgan fingerprint density at radius 2 is 2.04 bits per heavy atom. The van der Waals surface area contributed by atoms with E-state index in [1.54, 1.807) is 11.7 Å². The van der Waals surface area contributed by atoms with Gasteiger partial charge in [0.05, 0.1) is 17.0 Å². The molecule has 3 rings (SSSR count). The van der Waals surface area contributed by atoms with E-state index in [0.29, 0.717) is 24.9 Å². The number of hydrogen-bond acceptors (Lipinski definition) is 5. The summed E-state index contributed by atoms with van der Waals surface area (Å²) in [5, 5.41) is 14.1. The lowest BCUT2D eigenvalue weighted by Gasteiger charge is -2.20. The predicted molar refractivity (Wildman–Crippen MR) is 91.0 cm³/mol. The highest BCUT2D eigenvalue weighted by Gasteiger charge is 2.22. The average Bonchev–Trinajstić information content (AvgIpc) is 2.75. The van der Waals surface area contributed by atoms with Crippen molar-refractivity contribution in [2.24, 2.45) is 7.05 Å². The Morgan fingerprint density at radius 3 is 2.75 bits per heavy atom. The van der Waals surface area contributed by atoms with Gasteiger partial charge in [-0.1, -0.05) is 6.07 Å². The third kappa shape index (κ3) is 3.16. The van der Waals surface area contributed by atoms with Crippen LogP contribution < -0.4 is 0 Å². The molecule has 24 heavy (non-hydrogen) atoms. The Bertz CT molecular complexity index is 902. The maximum atomic E-state index is 11.7. The third-order valence-electron chi connectivity index (χ3n) is 4.64. The molecule has 1 aromatic carbocycles. The number of carboxylic acid groups (broad SMARTS) is 1. The molecule has 0 radical (unpaired) electrons. The molecule has 1 aliphatic rings. The Labute approximate surface area is 140 Å². The van der Waals surface area contributed by atoms with Crippen molar-refractivity contribution in [3.05, 3.63) is 29.0 Å². The zero-order valence-corrected chi connectivity index (χ0v) is 14.6. The van der Waals surface area contributed by atoms with Gasteiger partial charge in [0.15, 0.2) is 15.5 Å². The van der Waals surface area contributed by atoms with Crippen molar-refractivity contribution in [2.45, 2.75) is 19.9 Å². The van der Waals surface area contributed by atoms with Gasteiger partial charge < -0.3 is 5.11 Å². The fourth-order valence-corrected chi connectivity index (χ4v) is 4.58. The molecule has 8 heteroatoms. The summed E-state index contributed by atoms with van der Waals surface area (Å²) in [6, 6.07) is 3.86. The van der Waals surface area contributed by atoms with Gasteiger partial charge in [-0.2, -0.15) is 5.10 Å². The van der Waals surface area contributed by atoms with Gasteiger partial charge in [-0.15, -0.1) is 0 Å². The summed E-state index contributed by atoms with van der Waals surface area (Å²) < 4.78 is 25.0. The molecule has 0 saturated carbocycles. The Kier molecular flexibility index (Phi) is 4.35. The molecule has 1 aliphatic heterocycles. The normalized spacial score (nSPS) is 18.6. The fourth-order valence-electron chi connectivity index (χ4n) is 3.27. The molecule has 0 atom stereocenters. The van der Waals surface area contributed by atoms with Crippen LogP contribution >= 0.6 is 0 Å². The predicted octanol–water partition coefficient (Wildman–Crippen LogP) is 1.20. The quantitative estimate of drug-likeness (QED) is 0.893. The summed E-state index contributed by atoms with van der Waals surface area (Å²) in [4.78, 5) is 13.6. The first-order chi connectivity index (χ1) is 11.3. The smallest absolute Gasteiger partial charge is 0.357 e. The van der Waals surface area contributed by atoms with Gasteiger partial charge in [0.2, 0.25) is 0 Å². The first-order valence-electron chi connectivity index (χ1n) is 7.90. The van der Waals surface area contributed by atoms with Crippen molar-refractivity contribution >= 4 is 26.7 Å². The maximum Gasteiger partial charge on any atom is 0.357 e. The van der Waals surface area contributed by atoms with E-state index < -0.39 is 15.8 Å². The molecule has 130 valence electrons. The lowest BCUT2D eigenvalue weighted by Crippen LogP contribution is -2.27. The number of carbonyl (C=O) groups is 1. The second-order valence-corrected chi connectivity index (χ2v) is 8.61. The van der Waals surface area contributed by atoms with E-state index in [0.717, 1.165) is 23.2 Å². The zero-order chi connectivity index (χ0) is 17.5. The highest BCUT2D eigenvalue weighted by molar-refractivity contribution is 7.91. The van der Waals surface area contributed by atoms with Gasteiger partial charge in [0, 0.05) is 25.5 Å². The van der Waals surface area contributed by atoms with Crippen molar-refractivity contribution in [3.63, 3.8) is 0 Å². The number of aryl methyl sites for hydroxylation is 2. The molecule has 0 amide bonds. The molecule has 0 spiro atoms. The lowest BCUT2D eigenvalue weighted by molar-refractivity contribution is 0.0691. The van der Waals surface area contributed by atoms with Gasteiger partial charge in [-0.05, 0) is 37.1 Å². The van der Waals surface area contributed by atoms with E-state index in [-0.39, 0.29) is 17.2 Å². The maximum absolute atomic E-state index is 11.7. The average molecular weight is 351 g/mol. The molecular weight excluding hydrogens is 330 g/mol. The number of aromatic carboxylic acids is 1. The minimum atomic E-state index is -2.94. The SMILES string of the molecule is Cc1c(CN2CCCS(=O)(=O)CC2)ccc2c1c(C(=O)O)nn2C. The van der Waals surface area contributed by atoms with E-state index >= 15 is 0 Å². The van der Waals surface area contributed by atoms with Crippen LogP contribution in [0.5, 0.6) is 0 Å². The first kappa shape index (κ1) is 16.9. The van der Waals surface area contributed by atoms with Crippen LogP contribution in [0, 0.1) is 6.92 Å². The highest BCUT2D eigenvalue weighted by Crippen LogP contribution is 2.26. The standard InChI is InChI=1S/C16H21N3O4S/c1-11-12(10-19-6-3-8-24(22,23)9-7-19)4-5-13-14(11)15(16(20)21)17-18(13)2/h4-5H,3,6-10H2,1-2H3,(H,20,21). The van der Waals surface area contributed by atoms with Crippen molar-refractivity contribution in [1.29, 1.82) is 0 Å². The van der Waals surface area contributed by atoms with E-state index in [1.165, 1.54) is 0 Å². The minimum absolute atomic E-state index is 0.0605. The van der Waals surface area contributed by atoms with Crippen LogP contribution in [-0.4, -0.2) is 58.8 Å². The Balaban J connectivity index is 1.94. The molecule has 1 N–H and O–H groups in total. The topological polar surface area (TPSA) is 92.5 Å². The summed E-state index contributed by atoms with van der Waals surface area (Å²) in [5.74, 6) is -0.615. The number of benzene rings is 1. The highest BCUT2D eigenvalue weighted by atomic mass is 32.2. The first-order valence-corrected chi connectivity index (χ1v) is 9.72. The second-order valence-electron chi connectivity index (χ2n) is 6.30. The van der Waals surface area contributed by atoms with Crippen molar-refractivity contribution in [3.8, 4) is 0 Å². The molecular formula is C16H21N3O4S. The molecule has 7 nitrogen and oxygen atoms in total. The van der Waals surface area contributed by atoms with Crippen LogP contribution in [0.15, 0.2) is 12.1 Å². The molecule has 0 aliphatic carbocycles. The van der Waals surface area contributed by atoms with E-state index in [2.05, 4.69) is 10.00 Å². The second kappa shape index (κ2) is 6.18. The minimum Gasteiger partial charge on any atom is -0.476 e. The van der Waals surface area contributed by atoms with Gasteiger partial charge in [-0.3, -0.25) is 9.58 Å². The zero-order valence-electron chi connectivity index (χ0n) is 13.8. The molecule has 1 saturated heterocycles. The number of nitrogens with zero attached hydrogens (tertiary/aromatic N) is 3. The van der Waals surface area contributed by atoms with E-state index in [9.17, 15) is 18.3 Å². The summed E-state index contributed by atoms with van der Waals surface area (Å²) >= 11 is 0. The van der Waals surface area contributed by atoms with Gasteiger partial charge >= 0.3 is 5.97 Å². The Morgan fingerprint density at radius 1 is 1.29 bits per heavy atom. The van der Waals surface area contributed by atoms with Crippen LogP contribution in [0.1, 0.15) is 28.0 Å². The van der Waals surface area contributed by atoms with Crippen molar-refractivity contribution in [1.82, 2.24) is 14.7 Å². The number of sulfone groups is 1. The largest absolute Gasteiger partial charge is 0.476 e. The lowest BCUT2D eigenvalue weighted by atomic mass is 10.0.